The number of hydrogen-bond donors (Lipinski definition) is 2. The van der Waals surface area contributed by atoms with Crippen LogP contribution < -0.4 is 0 Å². The van der Waals surface area contributed by atoms with Crippen LogP contribution in [0.1, 0.15) is 11.1 Å². The zero-order valence-corrected chi connectivity index (χ0v) is 9.12. The molecule has 80 valence electrons. The van der Waals surface area contributed by atoms with E-state index in [-0.39, 0.29) is 6.61 Å². The molecule has 1 heterocycles. The molecule has 0 fully saturated rings. The van der Waals surface area contributed by atoms with Crippen molar-refractivity contribution in [3.05, 3.63) is 35.5 Å². The van der Waals surface area contributed by atoms with Gasteiger partial charge in [0.15, 0.2) is 0 Å². The van der Waals surface area contributed by atoms with Gasteiger partial charge in [0.2, 0.25) is 0 Å². The van der Waals surface area contributed by atoms with Gasteiger partial charge in [-0.25, -0.2) is 0 Å². The minimum absolute atomic E-state index is 0.0929. The highest BCUT2D eigenvalue weighted by Gasteiger charge is 2.08. The lowest BCUT2D eigenvalue weighted by molar-refractivity contribution is 0.283. The van der Waals surface area contributed by atoms with Crippen LogP contribution in [0.4, 0.5) is 0 Å². The van der Waals surface area contributed by atoms with Gasteiger partial charge in [-0.05, 0) is 31.3 Å². The molecular weight excluding hydrogens is 188 g/mol. The number of benzene rings is 1. The second kappa shape index (κ2) is 4.04. The van der Waals surface area contributed by atoms with E-state index in [4.69, 9.17) is 0 Å². The van der Waals surface area contributed by atoms with E-state index < -0.39 is 0 Å². The summed E-state index contributed by atoms with van der Waals surface area (Å²) < 4.78 is 0. The molecule has 0 radical (unpaired) electrons. The van der Waals surface area contributed by atoms with Crippen LogP contribution in [0, 0.1) is 0 Å². The molecule has 0 bridgehead atoms. The summed E-state index contributed by atoms with van der Waals surface area (Å²) >= 11 is 0. The molecule has 0 atom stereocenters. The smallest absolute Gasteiger partial charge is 0.0688 e. The monoisotopic (exact) mass is 204 g/mol. The number of fused-ring (bicyclic) bond motifs is 1. The standard InChI is InChI=1S/C12H16N2O/c1-14(2)7-10-6-13-11-5-3-4-9(8-15)12(10)11/h3-6,13,15H,7-8H2,1-2H3. The normalized spacial score (nSPS) is 11.5. The topological polar surface area (TPSA) is 39.3 Å². The average Bonchev–Trinajstić information content (AvgIpc) is 2.61. The highest BCUT2D eigenvalue weighted by atomic mass is 16.3. The van der Waals surface area contributed by atoms with Crippen LogP contribution in [0.3, 0.4) is 0 Å². The van der Waals surface area contributed by atoms with Gasteiger partial charge in [0.05, 0.1) is 6.61 Å². The molecule has 15 heavy (non-hydrogen) atoms. The number of aliphatic hydroxyl groups excluding tert-OH is 1. The summed E-state index contributed by atoms with van der Waals surface area (Å²) in [5, 5.41) is 10.4. The van der Waals surface area contributed by atoms with Crippen LogP contribution in [0.2, 0.25) is 0 Å². The Morgan fingerprint density at radius 1 is 1.27 bits per heavy atom. The summed E-state index contributed by atoms with van der Waals surface area (Å²) in [6, 6.07) is 5.97. The van der Waals surface area contributed by atoms with E-state index in [1.807, 2.05) is 38.5 Å². The van der Waals surface area contributed by atoms with Gasteiger partial charge >= 0.3 is 0 Å². The maximum absolute atomic E-state index is 9.29. The molecule has 0 spiro atoms. The van der Waals surface area contributed by atoms with Crippen LogP contribution in [-0.4, -0.2) is 29.1 Å². The maximum Gasteiger partial charge on any atom is 0.0688 e. The van der Waals surface area contributed by atoms with Gasteiger partial charge in [0.1, 0.15) is 0 Å². The quantitative estimate of drug-likeness (QED) is 0.799. The van der Waals surface area contributed by atoms with Gasteiger partial charge in [0.25, 0.3) is 0 Å². The number of rotatable bonds is 3. The third-order valence-corrected chi connectivity index (χ3v) is 2.53. The van der Waals surface area contributed by atoms with Crippen molar-refractivity contribution in [1.82, 2.24) is 9.88 Å². The molecule has 1 aromatic carbocycles. The molecule has 1 aromatic heterocycles. The lowest BCUT2D eigenvalue weighted by Crippen LogP contribution is -2.10. The molecule has 3 heteroatoms. The SMILES string of the molecule is CN(C)Cc1c[nH]c2cccc(CO)c12. The first kappa shape index (κ1) is 10.2. The van der Waals surface area contributed by atoms with E-state index in [1.54, 1.807) is 0 Å². The molecule has 0 saturated heterocycles. The third-order valence-electron chi connectivity index (χ3n) is 2.53. The van der Waals surface area contributed by atoms with Crippen LogP contribution >= 0.6 is 0 Å². The first-order chi connectivity index (χ1) is 7.22. The Balaban J connectivity index is 2.55. The van der Waals surface area contributed by atoms with Gasteiger partial charge < -0.3 is 15.0 Å². The first-order valence-corrected chi connectivity index (χ1v) is 5.06. The molecule has 0 saturated carbocycles. The fourth-order valence-corrected chi connectivity index (χ4v) is 1.93. The van der Waals surface area contributed by atoms with Crippen LogP contribution in [-0.2, 0) is 13.2 Å². The number of nitrogens with zero attached hydrogens (tertiary/aromatic N) is 1. The minimum atomic E-state index is 0.0929. The highest BCUT2D eigenvalue weighted by molar-refractivity contribution is 5.86. The number of aliphatic hydroxyl groups is 1. The second-order valence-corrected chi connectivity index (χ2v) is 4.05. The predicted molar refractivity (Wildman–Crippen MR) is 61.6 cm³/mol. The van der Waals surface area contributed by atoms with Crippen LogP contribution in [0.15, 0.2) is 24.4 Å². The Bertz CT molecular complexity index is 460. The summed E-state index contributed by atoms with van der Waals surface area (Å²) in [5.41, 5.74) is 3.32. The molecule has 0 aliphatic carbocycles. The third kappa shape index (κ3) is 1.89. The molecule has 2 N–H and O–H groups in total. The summed E-state index contributed by atoms with van der Waals surface area (Å²) in [5.74, 6) is 0. The van der Waals surface area contributed by atoms with Gasteiger partial charge in [-0.3, -0.25) is 0 Å². The largest absolute Gasteiger partial charge is 0.392 e. The molecule has 0 unspecified atom stereocenters. The average molecular weight is 204 g/mol. The molecule has 2 aromatic rings. The Morgan fingerprint density at radius 3 is 2.73 bits per heavy atom. The van der Waals surface area contributed by atoms with Crippen molar-refractivity contribution >= 4 is 10.9 Å². The van der Waals surface area contributed by atoms with E-state index in [0.29, 0.717) is 0 Å². The van der Waals surface area contributed by atoms with Gasteiger partial charge in [-0.15, -0.1) is 0 Å². The van der Waals surface area contributed by atoms with E-state index >= 15 is 0 Å². The van der Waals surface area contributed by atoms with E-state index in [9.17, 15) is 5.11 Å². The molecule has 3 nitrogen and oxygen atoms in total. The van der Waals surface area contributed by atoms with E-state index in [2.05, 4.69) is 9.88 Å². The van der Waals surface area contributed by atoms with Crippen molar-refractivity contribution in [2.45, 2.75) is 13.2 Å². The van der Waals surface area contributed by atoms with E-state index in [1.165, 1.54) is 5.56 Å². The highest BCUT2D eigenvalue weighted by Crippen LogP contribution is 2.23. The summed E-state index contributed by atoms with van der Waals surface area (Å²) in [4.78, 5) is 5.35. The zero-order valence-electron chi connectivity index (χ0n) is 9.12. The van der Waals surface area contributed by atoms with Crippen molar-refractivity contribution in [2.24, 2.45) is 0 Å². The van der Waals surface area contributed by atoms with Crippen molar-refractivity contribution in [3.8, 4) is 0 Å². The molecule has 0 aliphatic heterocycles. The number of aromatic amines is 1. The van der Waals surface area contributed by atoms with Crippen molar-refractivity contribution in [3.63, 3.8) is 0 Å². The number of hydrogen-bond acceptors (Lipinski definition) is 2. The maximum atomic E-state index is 9.29. The fourth-order valence-electron chi connectivity index (χ4n) is 1.93. The Labute approximate surface area is 89.3 Å². The number of nitrogens with one attached hydrogen (secondary N) is 1. The number of H-pyrrole nitrogens is 1. The zero-order chi connectivity index (χ0) is 10.8. The van der Waals surface area contributed by atoms with Gasteiger partial charge in [-0.2, -0.15) is 0 Å². The van der Waals surface area contributed by atoms with Crippen LogP contribution in [0.25, 0.3) is 10.9 Å². The lowest BCUT2D eigenvalue weighted by Gasteiger charge is -2.09. The molecular formula is C12H16N2O. The fraction of sp³-hybridized carbons (Fsp3) is 0.333. The lowest BCUT2D eigenvalue weighted by atomic mass is 10.1. The van der Waals surface area contributed by atoms with Crippen molar-refractivity contribution < 1.29 is 5.11 Å². The second-order valence-electron chi connectivity index (χ2n) is 4.05. The van der Waals surface area contributed by atoms with Gasteiger partial charge in [-0.1, -0.05) is 12.1 Å². The summed E-state index contributed by atoms with van der Waals surface area (Å²) in [6.45, 7) is 0.979. The summed E-state index contributed by atoms with van der Waals surface area (Å²) in [6.07, 6.45) is 2.02. The van der Waals surface area contributed by atoms with Gasteiger partial charge in [0, 0.05) is 23.6 Å². The summed E-state index contributed by atoms with van der Waals surface area (Å²) in [7, 11) is 4.08. The Kier molecular flexibility index (Phi) is 2.75. The molecule has 2 rings (SSSR count). The molecule has 0 amide bonds. The predicted octanol–water partition coefficient (Wildman–Crippen LogP) is 1.72. The Morgan fingerprint density at radius 2 is 2.07 bits per heavy atom. The van der Waals surface area contributed by atoms with Crippen molar-refractivity contribution in [1.29, 1.82) is 0 Å². The number of aromatic nitrogens is 1. The van der Waals surface area contributed by atoms with Crippen LogP contribution in [0.5, 0.6) is 0 Å². The first-order valence-electron chi connectivity index (χ1n) is 5.06. The van der Waals surface area contributed by atoms with E-state index in [0.717, 1.165) is 23.0 Å². The van der Waals surface area contributed by atoms with Crippen molar-refractivity contribution in [2.75, 3.05) is 14.1 Å². The Hall–Kier alpha value is -1.32. The molecule has 0 aliphatic rings. The minimum Gasteiger partial charge on any atom is -0.392 e.